The third-order valence-electron chi connectivity index (χ3n) is 5.14. The molecule has 0 aliphatic carbocycles. The number of nitrogens with one attached hydrogen (secondary N) is 1. The molecule has 0 saturated heterocycles. The highest BCUT2D eigenvalue weighted by molar-refractivity contribution is 6.04. The molecule has 174 valence electrons. The van der Waals surface area contributed by atoms with E-state index in [0.29, 0.717) is 24.2 Å². The molecule has 1 aliphatic heterocycles. The number of hydrogen-bond donors (Lipinski definition) is 2. The van der Waals surface area contributed by atoms with E-state index in [4.69, 9.17) is 0 Å². The van der Waals surface area contributed by atoms with Crippen molar-refractivity contribution >= 4 is 30.1 Å². The van der Waals surface area contributed by atoms with Crippen LogP contribution in [0.3, 0.4) is 0 Å². The minimum Gasteiger partial charge on any atom is -0.393 e. The van der Waals surface area contributed by atoms with E-state index in [1.807, 2.05) is 6.92 Å². The summed E-state index contributed by atoms with van der Waals surface area (Å²) in [6, 6.07) is 7.85. The van der Waals surface area contributed by atoms with Gasteiger partial charge >= 0.3 is 0 Å². The maximum atomic E-state index is 14.7. The molecule has 0 unspecified atom stereocenters. The number of amides is 2. The minimum absolute atomic E-state index is 0.0269. The van der Waals surface area contributed by atoms with E-state index < -0.39 is 17.8 Å². The summed E-state index contributed by atoms with van der Waals surface area (Å²) >= 11 is 0. The van der Waals surface area contributed by atoms with Crippen LogP contribution >= 0.6 is 0 Å². The molecular formula is C24H28FN5O3. The first-order chi connectivity index (χ1) is 15.9. The summed E-state index contributed by atoms with van der Waals surface area (Å²) in [5.74, 6) is -1.18. The molecular weight excluding hydrogens is 425 g/mol. The molecule has 2 aromatic rings. The number of anilines is 1. The van der Waals surface area contributed by atoms with Crippen LogP contribution in [0.1, 0.15) is 60.3 Å². The number of carbonyl (C=O) groups is 2. The predicted molar refractivity (Wildman–Crippen MR) is 125 cm³/mol. The Hall–Kier alpha value is -3.46. The topological polar surface area (TPSA) is 107 Å². The lowest BCUT2D eigenvalue weighted by atomic mass is 9.96. The molecule has 0 bridgehead atoms. The van der Waals surface area contributed by atoms with Crippen LogP contribution in [-0.2, 0) is 17.8 Å². The number of halogens is 1. The zero-order valence-electron chi connectivity index (χ0n) is 18.8. The highest BCUT2D eigenvalue weighted by atomic mass is 19.1. The molecule has 2 amide bonds. The SMILES string of the molecule is CCC/C=N/N=C/c1cccc(NC(=O)c2cc3c(cc2F)CCN(C(=O)C[C@H](C)O)C3)n1. The number of unbranched alkanes of at least 4 members (excludes halogenated alkanes) is 1. The van der Waals surface area contributed by atoms with E-state index in [-0.39, 0.29) is 30.3 Å². The molecule has 3 rings (SSSR count). The number of hydrogen-bond acceptors (Lipinski definition) is 6. The fraction of sp³-hybridized carbons (Fsp3) is 0.375. The van der Waals surface area contributed by atoms with Crippen molar-refractivity contribution in [2.45, 2.75) is 52.2 Å². The van der Waals surface area contributed by atoms with Gasteiger partial charge in [0.2, 0.25) is 5.91 Å². The highest BCUT2D eigenvalue weighted by Crippen LogP contribution is 2.24. The van der Waals surface area contributed by atoms with Crippen LogP contribution in [0.15, 0.2) is 40.5 Å². The molecule has 0 radical (unpaired) electrons. The van der Waals surface area contributed by atoms with Crippen LogP contribution in [-0.4, -0.2) is 51.9 Å². The van der Waals surface area contributed by atoms with E-state index in [2.05, 4.69) is 20.5 Å². The van der Waals surface area contributed by atoms with Gasteiger partial charge < -0.3 is 15.3 Å². The molecule has 0 saturated carbocycles. The van der Waals surface area contributed by atoms with Gasteiger partial charge in [-0.15, -0.1) is 0 Å². The molecule has 0 spiro atoms. The van der Waals surface area contributed by atoms with Crippen LogP contribution < -0.4 is 5.32 Å². The first-order valence-corrected chi connectivity index (χ1v) is 11.0. The number of nitrogens with zero attached hydrogens (tertiary/aromatic N) is 4. The van der Waals surface area contributed by atoms with E-state index in [1.54, 1.807) is 36.2 Å². The number of rotatable bonds is 8. The Bertz CT molecular complexity index is 1070. The number of benzene rings is 1. The van der Waals surface area contributed by atoms with Gasteiger partial charge in [0.15, 0.2) is 0 Å². The van der Waals surface area contributed by atoms with Gasteiger partial charge in [0, 0.05) is 19.3 Å². The van der Waals surface area contributed by atoms with E-state index >= 15 is 0 Å². The Kier molecular flexibility index (Phi) is 8.37. The van der Waals surface area contributed by atoms with Gasteiger partial charge in [0.25, 0.3) is 5.91 Å². The van der Waals surface area contributed by atoms with Gasteiger partial charge in [-0.05, 0) is 55.2 Å². The summed E-state index contributed by atoms with van der Waals surface area (Å²) in [5.41, 5.74) is 1.86. The van der Waals surface area contributed by atoms with Crippen molar-refractivity contribution < 1.29 is 19.1 Å². The number of pyridine rings is 1. The highest BCUT2D eigenvalue weighted by Gasteiger charge is 2.24. The average Bonchev–Trinajstić information content (AvgIpc) is 2.78. The van der Waals surface area contributed by atoms with Gasteiger partial charge in [-0.25, -0.2) is 9.37 Å². The van der Waals surface area contributed by atoms with Crippen LogP contribution in [0.4, 0.5) is 10.2 Å². The van der Waals surface area contributed by atoms with Crippen LogP contribution in [0.2, 0.25) is 0 Å². The van der Waals surface area contributed by atoms with Crippen molar-refractivity contribution in [1.29, 1.82) is 0 Å². The Morgan fingerprint density at radius 2 is 2.12 bits per heavy atom. The smallest absolute Gasteiger partial charge is 0.259 e. The molecule has 1 aromatic heterocycles. The lowest BCUT2D eigenvalue weighted by Gasteiger charge is -2.29. The van der Waals surface area contributed by atoms with Crippen molar-refractivity contribution in [3.05, 3.63) is 58.5 Å². The van der Waals surface area contributed by atoms with Gasteiger partial charge in [0.1, 0.15) is 11.6 Å². The number of aromatic nitrogens is 1. The molecule has 9 heteroatoms. The number of fused-ring (bicyclic) bond motifs is 1. The van der Waals surface area contributed by atoms with Crippen molar-refractivity contribution in [3.8, 4) is 0 Å². The fourth-order valence-electron chi connectivity index (χ4n) is 3.45. The van der Waals surface area contributed by atoms with Crippen LogP contribution in [0.5, 0.6) is 0 Å². The molecule has 1 atom stereocenters. The Morgan fingerprint density at radius 1 is 1.30 bits per heavy atom. The molecule has 1 aliphatic rings. The van der Waals surface area contributed by atoms with Gasteiger partial charge in [-0.2, -0.15) is 10.2 Å². The van der Waals surface area contributed by atoms with E-state index in [0.717, 1.165) is 18.4 Å². The van der Waals surface area contributed by atoms with Crippen molar-refractivity contribution in [2.75, 3.05) is 11.9 Å². The van der Waals surface area contributed by atoms with E-state index in [1.165, 1.54) is 18.3 Å². The maximum Gasteiger partial charge on any atom is 0.259 e. The number of aliphatic hydroxyl groups excluding tert-OH is 1. The summed E-state index contributed by atoms with van der Waals surface area (Å²) in [6.45, 7) is 4.32. The largest absolute Gasteiger partial charge is 0.393 e. The lowest BCUT2D eigenvalue weighted by molar-refractivity contribution is -0.133. The van der Waals surface area contributed by atoms with Gasteiger partial charge in [0.05, 0.1) is 30.0 Å². The number of aliphatic hydroxyl groups is 1. The second kappa shape index (κ2) is 11.4. The maximum absolute atomic E-state index is 14.7. The summed E-state index contributed by atoms with van der Waals surface area (Å²) in [6.07, 6.45) is 4.78. The van der Waals surface area contributed by atoms with Crippen molar-refractivity contribution in [2.24, 2.45) is 10.2 Å². The summed E-state index contributed by atoms with van der Waals surface area (Å²) in [5, 5.41) is 19.9. The quantitative estimate of drug-likeness (QED) is 0.472. The molecule has 0 fully saturated rings. The molecule has 33 heavy (non-hydrogen) atoms. The second-order valence-corrected chi connectivity index (χ2v) is 7.95. The zero-order chi connectivity index (χ0) is 23.8. The average molecular weight is 454 g/mol. The number of carbonyl (C=O) groups excluding carboxylic acids is 2. The predicted octanol–water partition coefficient (Wildman–Crippen LogP) is 3.33. The first kappa shape index (κ1) is 24.2. The molecule has 2 heterocycles. The minimum atomic E-state index is -0.732. The standard InChI is InChI=1S/C24H28FN5O3/c1-3-4-9-26-27-14-19-6-5-7-22(28-19)29-24(33)20-12-18-15-30(23(32)11-16(2)31)10-8-17(18)13-21(20)25/h5-7,9,12-14,16,31H,3-4,8,10-11,15H2,1-2H3,(H,28,29,33)/b26-9+,27-14+/t16-/m0/s1. The van der Waals surface area contributed by atoms with Crippen LogP contribution in [0, 0.1) is 5.82 Å². The summed E-state index contributed by atoms with van der Waals surface area (Å²) in [7, 11) is 0. The summed E-state index contributed by atoms with van der Waals surface area (Å²) < 4.78 is 14.7. The van der Waals surface area contributed by atoms with Crippen LogP contribution in [0.25, 0.3) is 0 Å². The Labute approximate surface area is 192 Å². The lowest BCUT2D eigenvalue weighted by Crippen LogP contribution is -2.37. The van der Waals surface area contributed by atoms with E-state index in [9.17, 15) is 19.1 Å². The normalized spacial score (nSPS) is 14.5. The Balaban J connectivity index is 1.72. The molecule has 8 nitrogen and oxygen atoms in total. The second-order valence-electron chi connectivity index (χ2n) is 7.95. The monoisotopic (exact) mass is 453 g/mol. The summed E-state index contributed by atoms with van der Waals surface area (Å²) in [4.78, 5) is 30.9. The fourth-order valence-corrected chi connectivity index (χ4v) is 3.45. The molecule has 2 N–H and O–H groups in total. The third kappa shape index (κ3) is 6.76. The van der Waals surface area contributed by atoms with Gasteiger partial charge in [-0.3, -0.25) is 9.59 Å². The van der Waals surface area contributed by atoms with Crippen molar-refractivity contribution in [3.63, 3.8) is 0 Å². The Morgan fingerprint density at radius 3 is 2.88 bits per heavy atom. The van der Waals surface area contributed by atoms with Gasteiger partial charge in [-0.1, -0.05) is 19.4 Å². The van der Waals surface area contributed by atoms with Crippen molar-refractivity contribution in [1.82, 2.24) is 9.88 Å². The first-order valence-electron chi connectivity index (χ1n) is 11.0. The third-order valence-corrected chi connectivity index (χ3v) is 5.14. The molecule has 1 aromatic carbocycles. The zero-order valence-corrected chi connectivity index (χ0v) is 18.8.